The van der Waals surface area contributed by atoms with Crippen LogP contribution >= 0.6 is 0 Å². The van der Waals surface area contributed by atoms with Crippen molar-refractivity contribution in [3.8, 4) is 5.75 Å². The standard InChI is InChI=1S/C19H18N2O3/c1-20-11-16-18(22)14-12-24-19(15(14)10-21-16,17-8-5-9-23-17)13-6-3-2-4-7-13/h2-10,20,22H,11-12H2,1H3. The first-order valence-corrected chi connectivity index (χ1v) is 7.85. The quantitative estimate of drug-likeness (QED) is 0.773. The summed E-state index contributed by atoms with van der Waals surface area (Å²) in [5.74, 6) is 0.862. The molecule has 24 heavy (non-hydrogen) atoms. The Labute approximate surface area is 139 Å². The Kier molecular flexibility index (Phi) is 3.59. The predicted octanol–water partition coefficient (Wildman–Crippen LogP) is 2.92. The van der Waals surface area contributed by atoms with Crippen LogP contribution in [0.15, 0.2) is 59.3 Å². The van der Waals surface area contributed by atoms with Gasteiger partial charge in [-0.15, -0.1) is 0 Å². The summed E-state index contributed by atoms with van der Waals surface area (Å²) in [5, 5.41) is 13.6. The van der Waals surface area contributed by atoms with Crippen LogP contribution in [-0.2, 0) is 23.5 Å². The van der Waals surface area contributed by atoms with Crippen LogP contribution in [0.25, 0.3) is 0 Å². The fourth-order valence-electron chi connectivity index (χ4n) is 3.32. The lowest BCUT2D eigenvalue weighted by molar-refractivity contribution is 0.0107. The maximum absolute atomic E-state index is 10.6. The highest BCUT2D eigenvalue weighted by Gasteiger charge is 2.47. The maximum Gasteiger partial charge on any atom is 0.178 e. The van der Waals surface area contributed by atoms with Crippen molar-refractivity contribution in [3.63, 3.8) is 0 Å². The highest BCUT2D eigenvalue weighted by atomic mass is 16.5. The number of aromatic nitrogens is 1. The minimum Gasteiger partial charge on any atom is -0.506 e. The van der Waals surface area contributed by atoms with Crippen molar-refractivity contribution >= 4 is 0 Å². The number of aromatic hydroxyl groups is 1. The third-order valence-corrected chi connectivity index (χ3v) is 4.44. The normalized spacial score (nSPS) is 19.4. The van der Waals surface area contributed by atoms with E-state index in [1.807, 2.05) is 49.5 Å². The summed E-state index contributed by atoms with van der Waals surface area (Å²) in [6.45, 7) is 0.800. The fraction of sp³-hybridized carbons (Fsp3) is 0.211. The van der Waals surface area contributed by atoms with Crippen molar-refractivity contribution < 1.29 is 14.3 Å². The number of hydrogen-bond donors (Lipinski definition) is 2. The van der Waals surface area contributed by atoms with Gasteiger partial charge in [-0.2, -0.15) is 0 Å². The number of furan rings is 1. The summed E-state index contributed by atoms with van der Waals surface area (Å²) in [5.41, 5.74) is 2.25. The van der Waals surface area contributed by atoms with Crippen molar-refractivity contribution in [2.45, 2.75) is 18.8 Å². The number of pyridine rings is 1. The fourth-order valence-corrected chi connectivity index (χ4v) is 3.32. The molecule has 2 N–H and O–H groups in total. The summed E-state index contributed by atoms with van der Waals surface area (Å²) in [7, 11) is 1.82. The molecule has 0 spiro atoms. The average Bonchev–Trinajstić information content (AvgIpc) is 3.27. The van der Waals surface area contributed by atoms with Crippen LogP contribution in [0.2, 0.25) is 0 Å². The molecule has 1 unspecified atom stereocenters. The van der Waals surface area contributed by atoms with Crippen LogP contribution in [0.5, 0.6) is 5.75 Å². The zero-order chi connectivity index (χ0) is 16.6. The number of ether oxygens (including phenoxy) is 1. The average molecular weight is 322 g/mol. The van der Waals surface area contributed by atoms with Gasteiger partial charge in [0.15, 0.2) is 5.60 Å². The zero-order valence-corrected chi connectivity index (χ0v) is 13.3. The lowest BCUT2D eigenvalue weighted by atomic mass is 9.84. The molecular formula is C19H18N2O3. The molecule has 0 bridgehead atoms. The molecule has 2 aromatic heterocycles. The molecule has 1 aliphatic rings. The number of rotatable bonds is 4. The predicted molar refractivity (Wildman–Crippen MR) is 88.5 cm³/mol. The summed E-state index contributed by atoms with van der Waals surface area (Å²) >= 11 is 0. The van der Waals surface area contributed by atoms with Gasteiger partial charge in [0.05, 0.1) is 18.6 Å². The van der Waals surface area contributed by atoms with Crippen molar-refractivity contribution in [2.24, 2.45) is 0 Å². The van der Waals surface area contributed by atoms with E-state index in [0.717, 1.165) is 16.7 Å². The van der Waals surface area contributed by atoms with Gasteiger partial charge < -0.3 is 19.6 Å². The topological polar surface area (TPSA) is 67.5 Å². The monoisotopic (exact) mass is 322 g/mol. The van der Waals surface area contributed by atoms with E-state index in [1.54, 1.807) is 12.5 Å². The number of fused-ring (bicyclic) bond motifs is 1. The molecule has 1 aliphatic heterocycles. The van der Waals surface area contributed by atoms with Crippen molar-refractivity contribution in [1.29, 1.82) is 0 Å². The van der Waals surface area contributed by atoms with Gasteiger partial charge in [0.2, 0.25) is 0 Å². The molecule has 3 heterocycles. The van der Waals surface area contributed by atoms with Crippen molar-refractivity contribution in [2.75, 3.05) is 7.05 Å². The Bertz CT molecular complexity index is 847. The van der Waals surface area contributed by atoms with Crippen molar-refractivity contribution in [1.82, 2.24) is 10.3 Å². The van der Waals surface area contributed by atoms with E-state index in [-0.39, 0.29) is 5.75 Å². The number of hydrogen-bond acceptors (Lipinski definition) is 5. The third kappa shape index (κ3) is 2.06. The van der Waals surface area contributed by atoms with Crippen LogP contribution in [0.3, 0.4) is 0 Å². The van der Waals surface area contributed by atoms with E-state index in [0.29, 0.717) is 24.6 Å². The molecule has 5 nitrogen and oxygen atoms in total. The second-order valence-electron chi connectivity index (χ2n) is 5.79. The number of nitrogens with zero attached hydrogens (tertiary/aromatic N) is 1. The summed E-state index contributed by atoms with van der Waals surface area (Å²) in [4.78, 5) is 4.44. The molecule has 1 atom stereocenters. The van der Waals surface area contributed by atoms with Gasteiger partial charge in [-0.3, -0.25) is 4.98 Å². The van der Waals surface area contributed by atoms with Crippen LogP contribution in [0.4, 0.5) is 0 Å². The largest absolute Gasteiger partial charge is 0.506 e. The second-order valence-corrected chi connectivity index (χ2v) is 5.79. The zero-order valence-electron chi connectivity index (χ0n) is 13.3. The first-order chi connectivity index (χ1) is 11.8. The Morgan fingerprint density at radius 3 is 2.75 bits per heavy atom. The molecule has 122 valence electrons. The molecule has 0 saturated heterocycles. The van der Waals surface area contributed by atoms with Gasteiger partial charge in [-0.1, -0.05) is 30.3 Å². The van der Waals surface area contributed by atoms with E-state index < -0.39 is 5.60 Å². The SMILES string of the molecule is CNCc1ncc2c(c1O)COC2(c1ccccc1)c1ccco1. The minimum atomic E-state index is -0.886. The first-order valence-electron chi connectivity index (χ1n) is 7.85. The van der Waals surface area contributed by atoms with Gasteiger partial charge >= 0.3 is 0 Å². The summed E-state index contributed by atoms with van der Waals surface area (Å²) in [6, 6.07) is 13.6. The van der Waals surface area contributed by atoms with E-state index >= 15 is 0 Å². The number of nitrogens with one attached hydrogen (secondary N) is 1. The molecule has 0 aliphatic carbocycles. The molecule has 3 aromatic rings. The van der Waals surface area contributed by atoms with E-state index in [1.165, 1.54) is 0 Å². The Hall–Kier alpha value is -2.63. The lowest BCUT2D eigenvalue weighted by Crippen LogP contribution is -2.28. The van der Waals surface area contributed by atoms with Gasteiger partial charge in [-0.25, -0.2) is 0 Å². The van der Waals surface area contributed by atoms with Crippen molar-refractivity contribution in [3.05, 3.63) is 83.1 Å². The van der Waals surface area contributed by atoms with Gasteiger partial charge in [0.1, 0.15) is 11.5 Å². The highest BCUT2D eigenvalue weighted by Crippen LogP contribution is 2.49. The minimum absolute atomic E-state index is 0.186. The van der Waals surface area contributed by atoms with E-state index in [2.05, 4.69) is 10.3 Å². The van der Waals surface area contributed by atoms with Crippen LogP contribution in [-0.4, -0.2) is 17.1 Å². The molecule has 5 heteroatoms. The van der Waals surface area contributed by atoms with Gasteiger partial charge in [0.25, 0.3) is 0 Å². The smallest absolute Gasteiger partial charge is 0.178 e. The molecule has 1 aromatic carbocycles. The van der Waals surface area contributed by atoms with E-state index in [4.69, 9.17) is 9.15 Å². The van der Waals surface area contributed by atoms with Crippen LogP contribution in [0, 0.1) is 0 Å². The molecule has 0 fully saturated rings. The molecule has 0 amide bonds. The molecule has 0 saturated carbocycles. The Morgan fingerprint density at radius 1 is 1.21 bits per heavy atom. The van der Waals surface area contributed by atoms with Gasteiger partial charge in [-0.05, 0) is 24.7 Å². The third-order valence-electron chi connectivity index (χ3n) is 4.44. The van der Waals surface area contributed by atoms with Crippen LogP contribution in [0.1, 0.15) is 28.1 Å². The van der Waals surface area contributed by atoms with E-state index in [9.17, 15) is 5.11 Å². The Morgan fingerprint density at radius 2 is 2.04 bits per heavy atom. The second kappa shape index (κ2) is 5.78. The first kappa shape index (κ1) is 14.9. The molecule has 0 radical (unpaired) electrons. The summed E-state index contributed by atoms with van der Waals surface area (Å²) in [6.07, 6.45) is 3.41. The highest BCUT2D eigenvalue weighted by molar-refractivity contribution is 5.54. The summed E-state index contributed by atoms with van der Waals surface area (Å²) < 4.78 is 11.9. The number of benzene rings is 1. The maximum atomic E-state index is 10.6. The van der Waals surface area contributed by atoms with Gasteiger partial charge in [0, 0.05) is 23.9 Å². The van der Waals surface area contributed by atoms with Crippen LogP contribution < -0.4 is 5.32 Å². The molecule has 4 rings (SSSR count). The lowest BCUT2D eigenvalue weighted by Gasteiger charge is -2.28. The Balaban J connectivity index is 1.95. The molecular weight excluding hydrogens is 304 g/mol.